The number of anilines is 2. The van der Waals surface area contributed by atoms with E-state index in [9.17, 15) is 8.42 Å². The Bertz CT molecular complexity index is 1380. The van der Waals surface area contributed by atoms with Crippen molar-refractivity contribution in [3.05, 3.63) is 71.4 Å². The number of halogens is 1. The van der Waals surface area contributed by atoms with Gasteiger partial charge in [-0.3, -0.25) is 9.82 Å². The van der Waals surface area contributed by atoms with Gasteiger partial charge in [0.2, 0.25) is 0 Å². The van der Waals surface area contributed by atoms with Crippen LogP contribution in [-0.2, 0) is 10.0 Å². The van der Waals surface area contributed by atoms with Crippen LogP contribution in [0.3, 0.4) is 0 Å². The van der Waals surface area contributed by atoms with Crippen LogP contribution in [0.15, 0.2) is 65.6 Å². The quantitative estimate of drug-likeness (QED) is 0.307. The van der Waals surface area contributed by atoms with E-state index in [-0.39, 0.29) is 4.90 Å². The number of benzene rings is 3. The molecule has 0 spiro atoms. The Morgan fingerprint density at radius 1 is 1.03 bits per heavy atom. The van der Waals surface area contributed by atoms with Gasteiger partial charge in [0, 0.05) is 11.9 Å². The van der Waals surface area contributed by atoms with Crippen LogP contribution in [0.5, 0.6) is 0 Å². The van der Waals surface area contributed by atoms with E-state index in [4.69, 9.17) is 11.6 Å². The van der Waals surface area contributed by atoms with Gasteiger partial charge in [0.1, 0.15) is 10.7 Å². The average Bonchev–Trinajstić information content (AvgIpc) is 3.12. The molecule has 4 rings (SSSR count). The van der Waals surface area contributed by atoms with Crippen molar-refractivity contribution >= 4 is 43.9 Å². The van der Waals surface area contributed by atoms with Crippen molar-refractivity contribution in [3.63, 3.8) is 0 Å². The molecule has 0 bridgehead atoms. The molecule has 6 nitrogen and oxygen atoms in total. The van der Waals surface area contributed by atoms with E-state index in [0.29, 0.717) is 39.9 Å². The van der Waals surface area contributed by atoms with Crippen LogP contribution in [0.4, 0.5) is 11.4 Å². The molecule has 0 aliphatic carbocycles. The van der Waals surface area contributed by atoms with Crippen LogP contribution in [-0.4, -0.2) is 25.2 Å². The number of hydrogen-bond donors (Lipinski definition) is 3. The first kappa shape index (κ1) is 22.2. The fourth-order valence-corrected chi connectivity index (χ4v) is 4.75. The van der Waals surface area contributed by atoms with E-state index in [2.05, 4.69) is 34.1 Å². The molecule has 0 aliphatic heterocycles. The van der Waals surface area contributed by atoms with Crippen LogP contribution in [0.25, 0.3) is 22.0 Å². The van der Waals surface area contributed by atoms with Gasteiger partial charge < -0.3 is 5.32 Å². The van der Waals surface area contributed by atoms with Crippen LogP contribution in [0.1, 0.15) is 19.4 Å². The van der Waals surface area contributed by atoms with Gasteiger partial charge in [0.15, 0.2) is 0 Å². The van der Waals surface area contributed by atoms with Gasteiger partial charge in [0.05, 0.1) is 16.3 Å². The minimum absolute atomic E-state index is 0.187. The number of aryl methyl sites for hydroxylation is 1. The summed E-state index contributed by atoms with van der Waals surface area (Å²) in [6.45, 7) is 6.91. The maximum absolute atomic E-state index is 13.2. The predicted molar refractivity (Wildman–Crippen MR) is 132 cm³/mol. The van der Waals surface area contributed by atoms with Crippen molar-refractivity contribution in [2.24, 2.45) is 5.92 Å². The molecule has 1 heterocycles. The maximum Gasteiger partial charge on any atom is 0.261 e. The number of sulfonamides is 1. The van der Waals surface area contributed by atoms with Gasteiger partial charge >= 0.3 is 0 Å². The fourth-order valence-electron chi connectivity index (χ4n) is 3.48. The molecule has 0 fully saturated rings. The van der Waals surface area contributed by atoms with Crippen molar-refractivity contribution in [2.75, 3.05) is 16.6 Å². The number of fused-ring (bicyclic) bond motifs is 1. The molecule has 0 saturated heterocycles. The van der Waals surface area contributed by atoms with Crippen LogP contribution in [0.2, 0.25) is 5.15 Å². The van der Waals surface area contributed by atoms with Crippen molar-refractivity contribution in [1.82, 2.24) is 10.2 Å². The van der Waals surface area contributed by atoms with Gasteiger partial charge in [0.25, 0.3) is 10.0 Å². The lowest BCUT2D eigenvalue weighted by molar-refractivity contribution is 0.601. The summed E-state index contributed by atoms with van der Waals surface area (Å²) < 4.78 is 29.1. The van der Waals surface area contributed by atoms with E-state index in [1.54, 1.807) is 30.3 Å². The van der Waals surface area contributed by atoms with Crippen molar-refractivity contribution < 1.29 is 8.42 Å². The molecule has 8 heteroatoms. The summed E-state index contributed by atoms with van der Waals surface area (Å²) in [5.41, 5.74) is 4.71. The summed E-state index contributed by atoms with van der Waals surface area (Å²) >= 11 is 6.25. The lowest BCUT2D eigenvalue weighted by Gasteiger charge is -2.14. The lowest BCUT2D eigenvalue weighted by atomic mass is 10.0. The van der Waals surface area contributed by atoms with E-state index < -0.39 is 10.0 Å². The molecule has 32 heavy (non-hydrogen) atoms. The van der Waals surface area contributed by atoms with Crippen LogP contribution < -0.4 is 10.0 Å². The molecule has 0 amide bonds. The number of aromatic amines is 1. The molecular weight excluding hydrogens is 444 g/mol. The largest absolute Gasteiger partial charge is 0.383 e. The van der Waals surface area contributed by atoms with Crippen molar-refractivity contribution in [1.29, 1.82) is 0 Å². The van der Waals surface area contributed by atoms with Crippen molar-refractivity contribution in [2.45, 2.75) is 25.7 Å². The van der Waals surface area contributed by atoms with E-state index >= 15 is 0 Å². The van der Waals surface area contributed by atoms with E-state index in [1.807, 2.05) is 37.3 Å². The summed E-state index contributed by atoms with van der Waals surface area (Å²) in [6, 6.07) is 18.3. The van der Waals surface area contributed by atoms with Crippen molar-refractivity contribution in [3.8, 4) is 11.1 Å². The first-order valence-electron chi connectivity index (χ1n) is 10.3. The van der Waals surface area contributed by atoms with Gasteiger partial charge in [-0.1, -0.05) is 67.4 Å². The Labute approximate surface area is 193 Å². The summed E-state index contributed by atoms with van der Waals surface area (Å²) in [5, 5.41) is 11.3. The number of nitrogens with one attached hydrogen (secondary N) is 3. The number of H-pyrrole nitrogens is 1. The van der Waals surface area contributed by atoms with Crippen LogP contribution >= 0.6 is 11.6 Å². The minimum Gasteiger partial charge on any atom is -0.383 e. The fraction of sp³-hybridized carbons (Fsp3) is 0.208. The highest BCUT2D eigenvalue weighted by Gasteiger charge is 2.18. The Morgan fingerprint density at radius 3 is 2.47 bits per heavy atom. The van der Waals surface area contributed by atoms with Gasteiger partial charge in [-0.05, 0) is 48.2 Å². The highest BCUT2D eigenvalue weighted by atomic mass is 35.5. The number of hydrogen-bond acceptors (Lipinski definition) is 4. The molecule has 0 unspecified atom stereocenters. The summed E-state index contributed by atoms with van der Waals surface area (Å²) in [7, 11) is -3.82. The third kappa shape index (κ3) is 4.74. The summed E-state index contributed by atoms with van der Waals surface area (Å²) in [6.07, 6.45) is 0. The number of aromatic nitrogens is 2. The smallest absolute Gasteiger partial charge is 0.261 e. The molecule has 1 aromatic heterocycles. The maximum atomic E-state index is 13.2. The molecule has 0 radical (unpaired) electrons. The number of rotatable bonds is 7. The molecule has 0 saturated carbocycles. The second kappa shape index (κ2) is 8.84. The molecule has 0 aliphatic rings. The molecule has 0 atom stereocenters. The predicted octanol–water partition coefficient (Wildman–Crippen LogP) is 6.06. The highest BCUT2D eigenvalue weighted by molar-refractivity contribution is 7.92. The topological polar surface area (TPSA) is 86.9 Å². The third-order valence-corrected chi connectivity index (χ3v) is 6.73. The molecule has 166 valence electrons. The van der Waals surface area contributed by atoms with Gasteiger partial charge in [-0.2, -0.15) is 5.10 Å². The van der Waals surface area contributed by atoms with Crippen LogP contribution in [0, 0.1) is 12.8 Å². The average molecular weight is 469 g/mol. The minimum atomic E-state index is -3.82. The zero-order chi connectivity index (χ0) is 22.9. The SMILES string of the molecule is Cc1cccc(-c2cccc(S(=O)(=O)Nc3cc(NCC(C)C)c4n[nH]c(Cl)c4c3)c2)c1. The number of nitrogens with zero attached hydrogens (tertiary/aromatic N) is 1. The first-order valence-corrected chi connectivity index (χ1v) is 12.2. The summed E-state index contributed by atoms with van der Waals surface area (Å²) in [4.78, 5) is 0.187. The normalized spacial score (nSPS) is 11.8. The first-order chi connectivity index (χ1) is 15.2. The monoisotopic (exact) mass is 468 g/mol. The Morgan fingerprint density at radius 2 is 1.75 bits per heavy atom. The second-order valence-corrected chi connectivity index (χ2v) is 10.3. The molecule has 3 aromatic carbocycles. The Hall–Kier alpha value is -3.03. The molecule has 3 N–H and O–H groups in total. The van der Waals surface area contributed by atoms with E-state index in [1.165, 1.54) is 0 Å². The Balaban J connectivity index is 1.69. The zero-order valence-electron chi connectivity index (χ0n) is 18.1. The zero-order valence-corrected chi connectivity index (χ0v) is 19.7. The van der Waals surface area contributed by atoms with E-state index in [0.717, 1.165) is 16.7 Å². The van der Waals surface area contributed by atoms with Gasteiger partial charge in [-0.25, -0.2) is 8.42 Å². The highest BCUT2D eigenvalue weighted by Crippen LogP contribution is 2.32. The third-order valence-electron chi connectivity index (χ3n) is 5.06. The second-order valence-electron chi connectivity index (χ2n) is 8.24. The molecule has 4 aromatic rings. The van der Waals surface area contributed by atoms with Gasteiger partial charge in [-0.15, -0.1) is 0 Å². The lowest BCUT2D eigenvalue weighted by Crippen LogP contribution is -2.14. The Kier molecular flexibility index (Phi) is 6.13. The summed E-state index contributed by atoms with van der Waals surface area (Å²) in [5.74, 6) is 0.407. The molecular formula is C24H25ClN4O2S. The standard InChI is InChI=1S/C24H25ClN4O2S/c1-15(2)14-26-22-13-19(12-21-23(22)27-28-24(21)25)29-32(30,31)20-9-5-8-18(11-20)17-7-4-6-16(3)10-17/h4-13,15,26,29H,14H2,1-3H3,(H,27,28).